The molecule has 1 unspecified atom stereocenters. The number of fused-ring (bicyclic) bond motifs is 1. The van der Waals surface area contributed by atoms with E-state index in [-0.39, 0.29) is 23.2 Å². The van der Waals surface area contributed by atoms with Crippen LogP contribution in [-0.2, 0) is 0 Å². The molecule has 0 spiro atoms. The summed E-state index contributed by atoms with van der Waals surface area (Å²) in [7, 11) is 0. The summed E-state index contributed by atoms with van der Waals surface area (Å²) < 4.78 is 15.7. The molecule has 1 fully saturated rings. The van der Waals surface area contributed by atoms with Crippen molar-refractivity contribution in [2.45, 2.75) is 32.4 Å². The maximum Gasteiger partial charge on any atom is 0.261 e. The van der Waals surface area contributed by atoms with E-state index in [1.54, 1.807) is 6.07 Å². The largest absolute Gasteiger partial charge is 0.381 e. The lowest BCUT2D eigenvalue weighted by Gasteiger charge is -2.15. The first-order chi connectivity index (χ1) is 10.1. The van der Waals surface area contributed by atoms with Gasteiger partial charge in [-0.1, -0.05) is 0 Å². The predicted octanol–water partition coefficient (Wildman–Crippen LogP) is 1.89. The van der Waals surface area contributed by atoms with Gasteiger partial charge < -0.3 is 10.6 Å². The Morgan fingerprint density at radius 3 is 2.95 bits per heavy atom. The van der Waals surface area contributed by atoms with Gasteiger partial charge in [0.2, 0.25) is 0 Å². The summed E-state index contributed by atoms with van der Waals surface area (Å²) in [6, 6.07) is 3.37. The summed E-state index contributed by atoms with van der Waals surface area (Å²) in [5, 5.41) is 6.84. The van der Waals surface area contributed by atoms with Crippen LogP contribution in [-0.4, -0.2) is 28.7 Å². The Balaban J connectivity index is 2.07. The van der Waals surface area contributed by atoms with E-state index in [0.717, 1.165) is 19.5 Å². The number of aromatic nitrogens is 2. The van der Waals surface area contributed by atoms with Gasteiger partial charge in [0.15, 0.2) is 5.82 Å². The van der Waals surface area contributed by atoms with Gasteiger partial charge in [-0.05, 0) is 38.9 Å². The van der Waals surface area contributed by atoms with Crippen molar-refractivity contribution in [3.63, 3.8) is 0 Å². The topological polar surface area (TPSA) is 59.0 Å². The molecule has 0 saturated carbocycles. The Morgan fingerprint density at radius 2 is 2.29 bits per heavy atom. The van der Waals surface area contributed by atoms with Crippen LogP contribution in [0.1, 0.15) is 26.3 Å². The van der Waals surface area contributed by atoms with Crippen LogP contribution in [0, 0.1) is 5.82 Å². The minimum absolute atomic E-state index is 0.00638. The molecule has 1 aromatic carbocycles. The fraction of sp³-hybridized carbons (Fsp3) is 0.467. The Bertz CT molecular complexity index is 719. The predicted molar refractivity (Wildman–Crippen MR) is 81.2 cm³/mol. The molecule has 2 N–H and O–H groups in total. The third-order valence-electron chi connectivity index (χ3n) is 3.83. The second-order valence-corrected chi connectivity index (χ2v) is 5.74. The van der Waals surface area contributed by atoms with Gasteiger partial charge in [-0.2, -0.15) is 0 Å². The minimum Gasteiger partial charge on any atom is -0.381 e. The number of benzene rings is 1. The molecular weight excluding hydrogens is 271 g/mol. The molecule has 1 aliphatic rings. The normalized spacial score (nSPS) is 18.6. The third-order valence-corrected chi connectivity index (χ3v) is 3.83. The van der Waals surface area contributed by atoms with Crippen LogP contribution in [0.15, 0.2) is 23.3 Å². The number of hydrogen-bond donors (Lipinski definition) is 2. The van der Waals surface area contributed by atoms with E-state index in [4.69, 9.17) is 0 Å². The molecule has 1 aliphatic heterocycles. The molecule has 2 aromatic rings. The maximum atomic E-state index is 14.2. The van der Waals surface area contributed by atoms with E-state index in [0.29, 0.717) is 11.1 Å². The van der Waals surface area contributed by atoms with Crippen LogP contribution in [0.4, 0.5) is 10.1 Å². The number of nitrogens with one attached hydrogen (secondary N) is 2. The highest BCUT2D eigenvalue weighted by Crippen LogP contribution is 2.20. The van der Waals surface area contributed by atoms with Crippen molar-refractivity contribution in [2.24, 2.45) is 0 Å². The number of nitrogens with zero attached hydrogens (tertiary/aromatic N) is 2. The van der Waals surface area contributed by atoms with Gasteiger partial charge in [-0.3, -0.25) is 9.36 Å². The highest BCUT2D eigenvalue weighted by atomic mass is 19.1. The van der Waals surface area contributed by atoms with E-state index < -0.39 is 5.82 Å². The van der Waals surface area contributed by atoms with Crippen molar-refractivity contribution >= 4 is 16.6 Å². The summed E-state index contributed by atoms with van der Waals surface area (Å²) in [5.74, 6) is -0.464. The van der Waals surface area contributed by atoms with Crippen molar-refractivity contribution in [3.05, 3.63) is 34.6 Å². The number of hydrogen-bond acceptors (Lipinski definition) is 4. The summed E-state index contributed by atoms with van der Waals surface area (Å²) in [6.07, 6.45) is 2.40. The Labute approximate surface area is 122 Å². The lowest BCUT2D eigenvalue weighted by molar-refractivity contribution is 0.570. The average Bonchev–Trinajstić information content (AvgIpc) is 2.92. The molecule has 5 nitrogen and oxygen atoms in total. The molecule has 0 bridgehead atoms. The standard InChI is InChI=1S/C15H19FN4O/c1-9(2)20-8-18-14-12(15(20)21)5-11(6-13(14)16)19-10-3-4-17-7-10/h5-6,8-10,17,19H,3-4,7H2,1-2H3. The fourth-order valence-electron chi connectivity index (χ4n) is 2.67. The van der Waals surface area contributed by atoms with E-state index in [9.17, 15) is 9.18 Å². The third kappa shape index (κ3) is 2.63. The molecule has 112 valence electrons. The Kier molecular flexibility index (Phi) is 3.63. The Hall–Kier alpha value is -1.95. The molecule has 0 aliphatic carbocycles. The van der Waals surface area contributed by atoms with E-state index >= 15 is 0 Å². The molecule has 21 heavy (non-hydrogen) atoms. The molecule has 2 heterocycles. The SMILES string of the molecule is CC(C)n1cnc2c(F)cc(NC3CCNC3)cc2c1=O. The summed E-state index contributed by atoms with van der Waals surface area (Å²) in [5.41, 5.74) is 0.559. The number of anilines is 1. The average molecular weight is 290 g/mol. The quantitative estimate of drug-likeness (QED) is 0.906. The molecule has 6 heteroatoms. The maximum absolute atomic E-state index is 14.2. The first-order valence-corrected chi connectivity index (χ1v) is 7.24. The van der Waals surface area contributed by atoms with Gasteiger partial charge in [-0.15, -0.1) is 0 Å². The first kappa shape index (κ1) is 14.0. The van der Waals surface area contributed by atoms with Crippen molar-refractivity contribution in [1.29, 1.82) is 0 Å². The van der Waals surface area contributed by atoms with Gasteiger partial charge in [0.1, 0.15) is 5.52 Å². The van der Waals surface area contributed by atoms with Gasteiger partial charge in [0.05, 0.1) is 11.7 Å². The summed E-state index contributed by atoms with van der Waals surface area (Å²) >= 11 is 0. The van der Waals surface area contributed by atoms with Gasteiger partial charge in [-0.25, -0.2) is 9.37 Å². The van der Waals surface area contributed by atoms with Crippen molar-refractivity contribution in [1.82, 2.24) is 14.9 Å². The van der Waals surface area contributed by atoms with Crippen LogP contribution >= 0.6 is 0 Å². The number of rotatable bonds is 3. The first-order valence-electron chi connectivity index (χ1n) is 7.24. The van der Waals surface area contributed by atoms with Crippen LogP contribution in [0.5, 0.6) is 0 Å². The molecular formula is C15H19FN4O. The van der Waals surface area contributed by atoms with Crippen molar-refractivity contribution in [2.75, 3.05) is 18.4 Å². The fourth-order valence-corrected chi connectivity index (χ4v) is 2.67. The lowest BCUT2D eigenvalue weighted by atomic mass is 10.1. The summed E-state index contributed by atoms with van der Waals surface area (Å²) in [4.78, 5) is 16.5. The van der Waals surface area contributed by atoms with E-state index in [2.05, 4.69) is 15.6 Å². The highest BCUT2D eigenvalue weighted by molar-refractivity contribution is 5.82. The van der Waals surface area contributed by atoms with Gasteiger partial charge in [0.25, 0.3) is 5.56 Å². The van der Waals surface area contributed by atoms with Crippen molar-refractivity contribution in [3.8, 4) is 0 Å². The van der Waals surface area contributed by atoms with Gasteiger partial charge in [0, 0.05) is 24.3 Å². The molecule has 0 radical (unpaired) electrons. The highest BCUT2D eigenvalue weighted by Gasteiger charge is 2.16. The molecule has 0 amide bonds. The smallest absolute Gasteiger partial charge is 0.261 e. The van der Waals surface area contributed by atoms with Crippen LogP contribution in [0.25, 0.3) is 10.9 Å². The zero-order chi connectivity index (χ0) is 15.0. The second kappa shape index (κ2) is 5.44. The van der Waals surface area contributed by atoms with E-state index in [1.165, 1.54) is 17.0 Å². The lowest BCUT2D eigenvalue weighted by Crippen LogP contribution is -2.24. The summed E-state index contributed by atoms with van der Waals surface area (Å²) in [6.45, 7) is 5.60. The van der Waals surface area contributed by atoms with Crippen LogP contribution in [0.2, 0.25) is 0 Å². The Morgan fingerprint density at radius 1 is 1.48 bits per heavy atom. The van der Waals surface area contributed by atoms with Crippen LogP contribution < -0.4 is 16.2 Å². The van der Waals surface area contributed by atoms with Crippen LogP contribution in [0.3, 0.4) is 0 Å². The molecule has 1 saturated heterocycles. The molecule has 3 rings (SSSR count). The second-order valence-electron chi connectivity index (χ2n) is 5.74. The minimum atomic E-state index is -0.464. The van der Waals surface area contributed by atoms with E-state index in [1.807, 2.05) is 13.8 Å². The molecule has 1 atom stereocenters. The monoisotopic (exact) mass is 290 g/mol. The van der Waals surface area contributed by atoms with Crippen molar-refractivity contribution < 1.29 is 4.39 Å². The van der Waals surface area contributed by atoms with Gasteiger partial charge >= 0.3 is 0 Å². The zero-order valence-electron chi connectivity index (χ0n) is 12.2. The molecule has 1 aromatic heterocycles. The number of halogens is 1. The zero-order valence-corrected chi connectivity index (χ0v) is 12.2.